The highest BCUT2D eigenvalue weighted by Crippen LogP contribution is 2.48. The van der Waals surface area contributed by atoms with Gasteiger partial charge in [0, 0.05) is 35.6 Å². The molecule has 2 aliphatic heterocycles. The van der Waals surface area contributed by atoms with Crippen molar-refractivity contribution in [3.63, 3.8) is 0 Å². The largest absolute Gasteiger partial charge is 0.497 e. The molecule has 0 spiro atoms. The van der Waals surface area contributed by atoms with Gasteiger partial charge in [0.1, 0.15) is 46.5 Å². The van der Waals surface area contributed by atoms with Crippen molar-refractivity contribution in [2.24, 2.45) is 17.8 Å². The Labute approximate surface area is 402 Å². The van der Waals surface area contributed by atoms with Crippen LogP contribution in [0.3, 0.4) is 0 Å². The van der Waals surface area contributed by atoms with Crippen molar-refractivity contribution < 1.29 is 60.4 Å². The third-order valence-corrected chi connectivity index (χ3v) is 16.6. The highest BCUT2D eigenvalue weighted by Gasteiger charge is 2.63. The van der Waals surface area contributed by atoms with Crippen molar-refractivity contribution in [2.45, 2.75) is 146 Å². The number of pyridine rings is 1. The molecule has 69 heavy (non-hydrogen) atoms. The number of hydrogen-bond acceptors (Lipinski definition) is 11. The molecule has 376 valence electrons. The number of carbonyl (C=O) groups is 4. The molecule has 16 nitrogen and oxygen atoms in total. The number of allylic oxidation sites excluding steroid dienone is 1. The van der Waals surface area contributed by atoms with Crippen molar-refractivity contribution in [2.75, 3.05) is 20.8 Å². The zero-order valence-electron chi connectivity index (χ0n) is 40.9. The molecule has 3 heterocycles. The maximum Gasteiger partial charge on any atom is 0.408 e. The van der Waals surface area contributed by atoms with Gasteiger partial charge in [-0.3, -0.25) is 24.0 Å². The third-order valence-electron chi connectivity index (χ3n) is 14.5. The number of amides is 4. The monoisotopic (exact) mass is 981 g/mol. The van der Waals surface area contributed by atoms with E-state index in [0.717, 1.165) is 18.7 Å². The highest BCUT2D eigenvalue weighted by molar-refractivity contribution is 7.91. The predicted octanol–water partition coefficient (Wildman–Crippen LogP) is 7.72. The van der Waals surface area contributed by atoms with Gasteiger partial charge in [-0.15, -0.1) is 0 Å². The molecule has 3 aromatic rings. The number of sulfonamides is 1. The number of halogens is 2. The van der Waals surface area contributed by atoms with Crippen molar-refractivity contribution in [1.82, 2.24) is 24.8 Å². The van der Waals surface area contributed by atoms with Crippen LogP contribution in [-0.4, -0.2) is 119 Å². The molecule has 2 aliphatic carbocycles. The van der Waals surface area contributed by atoms with Gasteiger partial charge >= 0.3 is 6.09 Å². The number of rotatable bonds is 13. The molecule has 2 aromatic carbocycles. The lowest BCUT2D eigenvalue weighted by Crippen LogP contribution is -2.66. The zero-order valence-corrected chi connectivity index (χ0v) is 41.7. The summed E-state index contributed by atoms with van der Waals surface area (Å²) in [6.07, 6.45) is 2.67. The summed E-state index contributed by atoms with van der Waals surface area (Å²) >= 11 is 0. The standard InChI is InChI=1S/C50H65F2N5O11S/c1-28(2)67-33-17-15-31(16-18-33)39-41(66-10)37-24-34(65-9)19-20-36(37)43(53-39)68-35-25-38-42(58)54-50(45(60)55-69(63,64)48(7)21-22-48)26-32(50)14-12-11-13-29(3)23-30(4)40(44(59)56(38)27-35)57(46(61)62)47(5,6)49(8,51)52/h12,14-20,24,28-30,32,35,38,40H,11,13,21-23,25-27H2,1-10H3,(H,54,58)(H,55,60)(H,61,62)/t29-,30+,32+,35+,38-,40-,50+/m0/s1. The van der Waals surface area contributed by atoms with Crippen molar-refractivity contribution in [3.8, 4) is 34.4 Å². The van der Waals surface area contributed by atoms with Gasteiger partial charge in [-0.25, -0.2) is 27.0 Å². The number of aromatic nitrogens is 1. The summed E-state index contributed by atoms with van der Waals surface area (Å²) in [5, 5.41) is 14.7. The SMILES string of the molecule is COc1ccc2c(O[C@@H]3C[C@H]4C(=O)N[C@]5(C(=O)NS(=O)(=O)C6(C)CC6)C[C@H]5C=CCC[C@H](C)C[C@@H](C)[C@H](N(C(=O)O)C(C)(C)C(C)(F)F)C(=O)N4C3)nc(-c3ccc(OC(C)C)cc3)c(OC)c2c1. The number of fused-ring (bicyclic) bond motifs is 3. The number of nitrogens with one attached hydrogen (secondary N) is 2. The van der Waals surface area contributed by atoms with E-state index in [2.05, 4.69) is 10.0 Å². The van der Waals surface area contributed by atoms with Crippen molar-refractivity contribution >= 4 is 44.6 Å². The van der Waals surface area contributed by atoms with E-state index in [-0.39, 0.29) is 43.7 Å². The Hall–Kier alpha value is -5.72. The Kier molecular flexibility index (Phi) is 14.0. The number of carbonyl (C=O) groups excluding carboxylic acids is 3. The highest BCUT2D eigenvalue weighted by atomic mass is 32.2. The van der Waals surface area contributed by atoms with Gasteiger partial charge < -0.3 is 34.3 Å². The summed E-state index contributed by atoms with van der Waals surface area (Å²) in [4.78, 5) is 64.6. The second-order valence-electron chi connectivity index (χ2n) is 20.4. The van der Waals surface area contributed by atoms with E-state index in [1.165, 1.54) is 21.1 Å². The topological polar surface area (TPSA) is 203 Å². The Morgan fingerprint density at radius 1 is 1.00 bits per heavy atom. The van der Waals surface area contributed by atoms with Crippen LogP contribution in [0.15, 0.2) is 54.6 Å². The Morgan fingerprint density at radius 3 is 2.26 bits per heavy atom. The Bertz CT molecular complexity index is 2620. The molecule has 1 aromatic heterocycles. The van der Waals surface area contributed by atoms with Crippen LogP contribution in [0.4, 0.5) is 13.6 Å². The zero-order chi connectivity index (χ0) is 50.6. The van der Waals surface area contributed by atoms with Gasteiger partial charge in [0.15, 0.2) is 5.75 Å². The van der Waals surface area contributed by atoms with Gasteiger partial charge in [-0.1, -0.05) is 26.0 Å². The van der Waals surface area contributed by atoms with Crippen LogP contribution >= 0.6 is 0 Å². The Morgan fingerprint density at radius 2 is 1.67 bits per heavy atom. The van der Waals surface area contributed by atoms with Crippen LogP contribution < -0.4 is 29.0 Å². The van der Waals surface area contributed by atoms with E-state index in [9.17, 15) is 27.9 Å². The molecule has 4 aliphatic rings. The molecule has 7 rings (SSSR count). The number of ether oxygens (including phenoxy) is 4. The van der Waals surface area contributed by atoms with Crippen LogP contribution in [0.1, 0.15) is 100 Å². The first-order valence-corrected chi connectivity index (χ1v) is 25.0. The second kappa shape index (κ2) is 18.9. The number of benzene rings is 2. The lowest BCUT2D eigenvalue weighted by Gasteiger charge is -2.47. The molecule has 0 unspecified atom stereocenters. The fourth-order valence-electron chi connectivity index (χ4n) is 9.64. The van der Waals surface area contributed by atoms with Gasteiger partial charge in [0.25, 0.3) is 11.8 Å². The molecular formula is C50H65F2N5O11S. The minimum absolute atomic E-state index is 0.0637. The maximum absolute atomic E-state index is 15.6. The fourth-order valence-corrected chi connectivity index (χ4v) is 10.9. The second-order valence-corrected chi connectivity index (χ2v) is 22.6. The summed E-state index contributed by atoms with van der Waals surface area (Å²) in [5.74, 6) is -6.24. The van der Waals surface area contributed by atoms with E-state index in [0.29, 0.717) is 76.8 Å². The third kappa shape index (κ3) is 10.0. The first-order valence-electron chi connectivity index (χ1n) is 23.5. The van der Waals surface area contributed by atoms with E-state index in [1.807, 2.05) is 39.0 Å². The fraction of sp³-hybridized carbons (Fsp3) is 0.580. The van der Waals surface area contributed by atoms with Crippen LogP contribution in [0.5, 0.6) is 23.1 Å². The average Bonchev–Trinajstić information content (AvgIpc) is 4.15. The first-order chi connectivity index (χ1) is 32.3. The normalized spacial score (nSPS) is 26.2. The summed E-state index contributed by atoms with van der Waals surface area (Å²) in [6.45, 7) is 11.3. The molecule has 3 N–H and O–H groups in total. The molecule has 19 heteroatoms. The van der Waals surface area contributed by atoms with E-state index in [1.54, 1.807) is 43.3 Å². The molecule has 0 bridgehead atoms. The first kappa shape index (κ1) is 51.1. The number of methoxy groups -OCH3 is 2. The molecular weight excluding hydrogens is 917 g/mol. The summed E-state index contributed by atoms with van der Waals surface area (Å²) in [7, 11) is -1.11. The van der Waals surface area contributed by atoms with Crippen LogP contribution in [0.25, 0.3) is 22.0 Å². The Balaban J connectivity index is 1.34. The lowest BCUT2D eigenvalue weighted by molar-refractivity contribution is -0.156. The van der Waals surface area contributed by atoms with E-state index in [4.69, 9.17) is 23.9 Å². The van der Waals surface area contributed by atoms with Crippen LogP contribution in [0, 0.1) is 17.8 Å². The van der Waals surface area contributed by atoms with Crippen molar-refractivity contribution in [3.05, 3.63) is 54.6 Å². The quantitative estimate of drug-likeness (QED) is 0.141. The molecule has 1 saturated heterocycles. The summed E-state index contributed by atoms with van der Waals surface area (Å²) in [6, 6.07) is 9.24. The summed E-state index contributed by atoms with van der Waals surface area (Å²) < 4.78 is 83.2. The van der Waals surface area contributed by atoms with Crippen LogP contribution in [-0.2, 0) is 24.4 Å². The van der Waals surface area contributed by atoms with Gasteiger partial charge in [0.2, 0.25) is 27.7 Å². The van der Waals surface area contributed by atoms with Gasteiger partial charge in [0.05, 0.1) is 31.6 Å². The number of carboxylic acid groups (broad SMARTS) is 1. The lowest BCUT2D eigenvalue weighted by atomic mass is 9.84. The summed E-state index contributed by atoms with van der Waals surface area (Å²) in [5.41, 5.74) is -3.11. The minimum Gasteiger partial charge on any atom is -0.497 e. The molecule has 2 saturated carbocycles. The minimum atomic E-state index is -4.13. The van der Waals surface area contributed by atoms with E-state index >= 15 is 13.6 Å². The molecule has 0 radical (unpaired) electrons. The van der Waals surface area contributed by atoms with Crippen LogP contribution in [0.2, 0.25) is 0 Å². The van der Waals surface area contributed by atoms with Gasteiger partial charge in [-0.05, 0) is 127 Å². The smallest absolute Gasteiger partial charge is 0.408 e. The van der Waals surface area contributed by atoms with E-state index < -0.39 is 85.6 Å². The predicted molar refractivity (Wildman–Crippen MR) is 254 cm³/mol. The average molecular weight is 982 g/mol. The number of hydrogen-bond donors (Lipinski definition) is 3. The number of alkyl halides is 2. The molecule has 3 fully saturated rings. The maximum atomic E-state index is 15.6. The van der Waals surface area contributed by atoms with Crippen molar-refractivity contribution in [1.29, 1.82) is 0 Å². The number of nitrogens with zero attached hydrogens (tertiary/aromatic N) is 3. The molecule has 4 amide bonds. The van der Waals surface area contributed by atoms with Gasteiger partial charge in [-0.2, -0.15) is 0 Å². The molecule has 7 atom stereocenters.